The van der Waals surface area contributed by atoms with E-state index in [0.717, 1.165) is 5.57 Å². The Bertz CT molecular complexity index is 348. The number of hydrogen-bond donors (Lipinski definition) is 0. The summed E-state index contributed by atoms with van der Waals surface area (Å²) in [6.45, 7) is 8.47. The molecule has 0 spiro atoms. The molecule has 1 fully saturated rings. The zero-order valence-electron chi connectivity index (χ0n) is 9.50. The highest BCUT2D eigenvalue weighted by Crippen LogP contribution is 2.23. The van der Waals surface area contributed by atoms with Gasteiger partial charge in [0.2, 0.25) is 0 Å². The van der Waals surface area contributed by atoms with Crippen LogP contribution in [0.15, 0.2) is 30.8 Å². The smallest absolute Gasteiger partial charge is 0.0372 e. The van der Waals surface area contributed by atoms with Gasteiger partial charge < -0.3 is 4.90 Å². The van der Waals surface area contributed by atoms with Gasteiger partial charge in [-0.05, 0) is 43.9 Å². The third-order valence-electron chi connectivity index (χ3n) is 3.06. The normalized spacial score (nSPS) is 16.5. The van der Waals surface area contributed by atoms with Crippen molar-refractivity contribution < 1.29 is 0 Å². The van der Waals surface area contributed by atoms with E-state index in [4.69, 9.17) is 0 Å². The predicted octanol–water partition coefficient (Wildman–Crippen LogP) is 3.71. The average Bonchev–Trinajstić information content (AvgIpc) is 2.30. The Hall–Kier alpha value is -1.24. The molecule has 0 aromatic heterocycles. The molecule has 2 rings (SSSR count). The third-order valence-corrected chi connectivity index (χ3v) is 3.06. The SMILES string of the molecule is C=C(C)c1cccc(N2CCCCC2)c1. The molecule has 0 aliphatic carbocycles. The van der Waals surface area contributed by atoms with Crippen molar-refractivity contribution in [2.24, 2.45) is 0 Å². The van der Waals surface area contributed by atoms with E-state index in [1.54, 1.807) is 0 Å². The Morgan fingerprint density at radius 2 is 1.93 bits per heavy atom. The van der Waals surface area contributed by atoms with E-state index in [9.17, 15) is 0 Å². The topological polar surface area (TPSA) is 3.24 Å². The van der Waals surface area contributed by atoms with Gasteiger partial charge in [0.1, 0.15) is 0 Å². The molecule has 15 heavy (non-hydrogen) atoms. The number of allylic oxidation sites excluding steroid dienone is 1. The van der Waals surface area contributed by atoms with Crippen LogP contribution < -0.4 is 4.90 Å². The number of benzene rings is 1. The summed E-state index contributed by atoms with van der Waals surface area (Å²) in [5.41, 5.74) is 3.77. The minimum absolute atomic E-state index is 1.15. The highest BCUT2D eigenvalue weighted by Gasteiger charge is 2.10. The molecule has 0 N–H and O–H groups in total. The lowest BCUT2D eigenvalue weighted by molar-refractivity contribution is 0.578. The molecule has 0 radical (unpaired) electrons. The molecular weight excluding hydrogens is 182 g/mol. The summed E-state index contributed by atoms with van der Waals surface area (Å²) < 4.78 is 0. The number of hydrogen-bond acceptors (Lipinski definition) is 1. The molecule has 1 aromatic rings. The number of rotatable bonds is 2. The second-order valence-electron chi connectivity index (χ2n) is 4.38. The first kappa shape index (κ1) is 10.3. The first-order valence-electron chi connectivity index (χ1n) is 5.78. The van der Waals surface area contributed by atoms with Gasteiger partial charge in [0.05, 0.1) is 0 Å². The van der Waals surface area contributed by atoms with Crippen LogP contribution in [-0.4, -0.2) is 13.1 Å². The maximum absolute atomic E-state index is 3.99. The van der Waals surface area contributed by atoms with Crippen LogP contribution in [0.5, 0.6) is 0 Å². The molecule has 1 aromatic carbocycles. The zero-order valence-corrected chi connectivity index (χ0v) is 9.50. The molecular formula is C14H19N. The van der Waals surface area contributed by atoms with Gasteiger partial charge in [-0.15, -0.1) is 0 Å². The van der Waals surface area contributed by atoms with E-state index in [1.165, 1.54) is 43.6 Å². The van der Waals surface area contributed by atoms with Crippen LogP contribution >= 0.6 is 0 Å². The van der Waals surface area contributed by atoms with Gasteiger partial charge in [-0.25, -0.2) is 0 Å². The molecule has 0 saturated carbocycles. The van der Waals surface area contributed by atoms with Crippen LogP contribution in [0.4, 0.5) is 5.69 Å². The van der Waals surface area contributed by atoms with Crippen molar-refractivity contribution in [3.8, 4) is 0 Å². The molecule has 0 amide bonds. The maximum Gasteiger partial charge on any atom is 0.0372 e. The van der Waals surface area contributed by atoms with Gasteiger partial charge in [-0.1, -0.05) is 24.3 Å². The first-order chi connectivity index (χ1) is 7.27. The molecule has 1 nitrogen and oxygen atoms in total. The Kier molecular flexibility index (Phi) is 3.10. The van der Waals surface area contributed by atoms with Gasteiger partial charge in [0.25, 0.3) is 0 Å². The largest absolute Gasteiger partial charge is 0.372 e. The van der Waals surface area contributed by atoms with Gasteiger partial charge in [-0.3, -0.25) is 0 Å². The van der Waals surface area contributed by atoms with E-state index < -0.39 is 0 Å². The number of piperidine rings is 1. The minimum atomic E-state index is 1.15. The lowest BCUT2D eigenvalue weighted by Gasteiger charge is -2.29. The zero-order chi connectivity index (χ0) is 10.7. The molecule has 0 unspecified atom stereocenters. The lowest BCUT2D eigenvalue weighted by Crippen LogP contribution is -2.29. The van der Waals surface area contributed by atoms with Crippen molar-refractivity contribution in [3.63, 3.8) is 0 Å². The highest BCUT2D eigenvalue weighted by atomic mass is 15.1. The summed E-state index contributed by atoms with van der Waals surface area (Å²) in [6.07, 6.45) is 4.05. The average molecular weight is 201 g/mol. The Labute approximate surface area is 92.4 Å². The molecule has 1 saturated heterocycles. The van der Waals surface area contributed by atoms with E-state index in [-0.39, 0.29) is 0 Å². The van der Waals surface area contributed by atoms with Crippen LogP contribution in [0.2, 0.25) is 0 Å². The van der Waals surface area contributed by atoms with Crippen molar-refractivity contribution in [1.82, 2.24) is 0 Å². The van der Waals surface area contributed by atoms with E-state index in [2.05, 4.69) is 42.7 Å². The summed E-state index contributed by atoms with van der Waals surface area (Å²) in [4.78, 5) is 2.48. The molecule has 1 heterocycles. The minimum Gasteiger partial charge on any atom is -0.372 e. The van der Waals surface area contributed by atoms with Crippen LogP contribution in [0.25, 0.3) is 5.57 Å². The Balaban J connectivity index is 2.19. The fourth-order valence-corrected chi connectivity index (χ4v) is 2.12. The first-order valence-corrected chi connectivity index (χ1v) is 5.78. The van der Waals surface area contributed by atoms with Crippen molar-refractivity contribution in [2.75, 3.05) is 18.0 Å². The summed E-state index contributed by atoms with van der Waals surface area (Å²) in [5.74, 6) is 0. The van der Waals surface area contributed by atoms with Crippen molar-refractivity contribution in [3.05, 3.63) is 36.4 Å². The maximum atomic E-state index is 3.99. The fraction of sp³-hybridized carbons (Fsp3) is 0.429. The number of nitrogens with zero attached hydrogens (tertiary/aromatic N) is 1. The van der Waals surface area contributed by atoms with E-state index in [0.29, 0.717) is 0 Å². The summed E-state index contributed by atoms with van der Waals surface area (Å²) in [7, 11) is 0. The quantitative estimate of drug-likeness (QED) is 0.705. The molecule has 0 atom stereocenters. The monoisotopic (exact) mass is 201 g/mol. The van der Waals surface area contributed by atoms with Crippen molar-refractivity contribution >= 4 is 11.3 Å². The van der Waals surface area contributed by atoms with E-state index >= 15 is 0 Å². The van der Waals surface area contributed by atoms with Crippen LogP contribution in [0, 0.1) is 0 Å². The van der Waals surface area contributed by atoms with E-state index in [1.807, 2.05) is 0 Å². The molecule has 1 heteroatoms. The van der Waals surface area contributed by atoms with Gasteiger partial charge in [-0.2, -0.15) is 0 Å². The second kappa shape index (κ2) is 4.52. The molecule has 0 bridgehead atoms. The van der Waals surface area contributed by atoms with Gasteiger partial charge in [0, 0.05) is 18.8 Å². The Morgan fingerprint density at radius 1 is 1.20 bits per heavy atom. The van der Waals surface area contributed by atoms with Crippen LogP contribution in [-0.2, 0) is 0 Å². The summed E-state index contributed by atoms with van der Waals surface area (Å²) in [5, 5.41) is 0. The predicted molar refractivity (Wildman–Crippen MR) is 67.2 cm³/mol. The molecule has 80 valence electrons. The molecule has 1 aliphatic heterocycles. The van der Waals surface area contributed by atoms with Crippen LogP contribution in [0.3, 0.4) is 0 Å². The van der Waals surface area contributed by atoms with Crippen molar-refractivity contribution in [2.45, 2.75) is 26.2 Å². The van der Waals surface area contributed by atoms with Crippen LogP contribution in [0.1, 0.15) is 31.7 Å². The standard InChI is InChI=1S/C14H19N/c1-12(2)13-7-6-8-14(11-13)15-9-4-3-5-10-15/h6-8,11H,1,3-5,9-10H2,2H3. The second-order valence-corrected chi connectivity index (χ2v) is 4.38. The van der Waals surface area contributed by atoms with Gasteiger partial charge in [0.15, 0.2) is 0 Å². The summed E-state index contributed by atoms with van der Waals surface area (Å²) >= 11 is 0. The highest BCUT2D eigenvalue weighted by molar-refractivity contribution is 5.66. The number of anilines is 1. The third kappa shape index (κ3) is 2.41. The lowest BCUT2D eigenvalue weighted by atomic mass is 10.1. The Morgan fingerprint density at radius 3 is 2.60 bits per heavy atom. The van der Waals surface area contributed by atoms with Gasteiger partial charge >= 0.3 is 0 Å². The summed E-state index contributed by atoms with van der Waals surface area (Å²) in [6, 6.07) is 8.73. The fourth-order valence-electron chi connectivity index (χ4n) is 2.12. The molecule has 1 aliphatic rings. The van der Waals surface area contributed by atoms with Crippen molar-refractivity contribution in [1.29, 1.82) is 0 Å².